The molecule has 3 heterocycles. The maximum atomic E-state index is 12.0. The van der Waals surface area contributed by atoms with Crippen molar-refractivity contribution in [3.8, 4) is 5.82 Å². The summed E-state index contributed by atoms with van der Waals surface area (Å²) >= 11 is 0.972. The van der Waals surface area contributed by atoms with E-state index in [1.807, 2.05) is 49.7 Å². The average molecular weight is 327 g/mol. The molecule has 2 aromatic heterocycles. The van der Waals surface area contributed by atoms with Crippen molar-refractivity contribution in [1.82, 2.24) is 14.5 Å². The molecular weight excluding hydrogens is 310 g/mol. The number of rotatable bonds is 2. The standard InChI is InChI=1S/C17H17N3O2S/c1-10-5-6-15(18-9-10)20-11(2)7-13(12(20)3)8-14-16(21)19(4)17(22)23-14/h5-9H,1-4H3/b14-8+. The van der Waals surface area contributed by atoms with Crippen LogP contribution in [0.5, 0.6) is 0 Å². The fourth-order valence-electron chi connectivity index (χ4n) is 2.57. The highest BCUT2D eigenvalue weighted by atomic mass is 32.2. The summed E-state index contributed by atoms with van der Waals surface area (Å²) in [5, 5.41) is -0.241. The van der Waals surface area contributed by atoms with Gasteiger partial charge in [0.25, 0.3) is 11.1 Å². The van der Waals surface area contributed by atoms with Crippen molar-refractivity contribution in [3.63, 3.8) is 0 Å². The smallest absolute Gasteiger partial charge is 0.293 e. The molecule has 1 aliphatic heterocycles. The molecule has 0 spiro atoms. The number of hydrogen-bond acceptors (Lipinski definition) is 4. The number of aryl methyl sites for hydroxylation is 2. The van der Waals surface area contributed by atoms with Crippen molar-refractivity contribution in [3.05, 3.63) is 51.8 Å². The van der Waals surface area contributed by atoms with Crippen molar-refractivity contribution in [2.24, 2.45) is 0 Å². The van der Waals surface area contributed by atoms with Crippen LogP contribution in [0.25, 0.3) is 11.9 Å². The minimum absolute atomic E-state index is 0.241. The lowest BCUT2D eigenvalue weighted by Gasteiger charge is -2.08. The monoisotopic (exact) mass is 327 g/mol. The molecule has 0 aliphatic carbocycles. The fraction of sp³-hybridized carbons (Fsp3) is 0.235. The first-order valence-corrected chi connectivity index (χ1v) is 8.03. The average Bonchev–Trinajstić information content (AvgIpc) is 2.92. The van der Waals surface area contributed by atoms with Crippen LogP contribution in [0.2, 0.25) is 0 Å². The third kappa shape index (κ3) is 2.70. The maximum absolute atomic E-state index is 12.0. The molecule has 0 bridgehead atoms. The number of carbonyl (C=O) groups is 2. The summed E-state index contributed by atoms with van der Waals surface area (Å²) in [7, 11) is 1.50. The van der Waals surface area contributed by atoms with E-state index in [1.54, 1.807) is 6.08 Å². The van der Waals surface area contributed by atoms with Crippen LogP contribution in [0.15, 0.2) is 29.3 Å². The lowest BCUT2D eigenvalue weighted by molar-refractivity contribution is -0.121. The third-order valence-electron chi connectivity index (χ3n) is 3.87. The molecule has 0 atom stereocenters. The normalized spacial score (nSPS) is 16.7. The minimum Gasteiger partial charge on any atom is -0.303 e. The Morgan fingerprint density at radius 3 is 2.48 bits per heavy atom. The summed E-state index contributed by atoms with van der Waals surface area (Å²) in [6, 6.07) is 5.99. The van der Waals surface area contributed by atoms with Crippen molar-refractivity contribution < 1.29 is 9.59 Å². The molecule has 1 aliphatic rings. The van der Waals surface area contributed by atoms with Crippen molar-refractivity contribution in [2.45, 2.75) is 20.8 Å². The number of thioether (sulfide) groups is 1. The molecule has 0 aromatic carbocycles. The summed E-state index contributed by atoms with van der Waals surface area (Å²) in [5.74, 6) is 0.590. The Hall–Kier alpha value is -2.34. The van der Waals surface area contributed by atoms with Gasteiger partial charge >= 0.3 is 0 Å². The van der Waals surface area contributed by atoms with E-state index in [0.717, 1.165) is 45.0 Å². The number of nitrogens with zero attached hydrogens (tertiary/aromatic N) is 3. The van der Waals surface area contributed by atoms with Crippen LogP contribution in [0.1, 0.15) is 22.5 Å². The van der Waals surface area contributed by atoms with Gasteiger partial charge in [0.2, 0.25) is 0 Å². The molecule has 6 heteroatoms. The third-order valence-corrected chi connectivity index (χ3v) is 4.83. The van der Waals surface area contributed by atoms with Crippen LogP contribution >= 0.6 is 11.8 Å². The lowest BCUT2D eigenvalue weighted by Crippen LogP contribution is -2.22. The van der Waals surface area contributed by atoms with E-state index < -0.39 is 0 Å². The Morgan fingerprint density at radius 2 is 1.91 bits per heavy atom. The summed E-state index contributed by atoms with van der Waals surface area (Å²) in [6.45, 7) is 5.98. The topological polar surface area (TPSA) is 55.2 Å². The SMILES string of the molecule is Cc1ccc(-n2c(C)cc(/C=C3/SC(=O)N(C)C3=O)c2C)nc1. The predicted octanol–water partition coefficient (Wildman–Crippen LogP) is 3.46. The van der Waals surface area contributed by atoms with Gasteiger partial charge in [-0.3, -0.25) is 14.5 Å². The van der Waals surface area contributed by atoms with Crippen LogP contribution in [0.4, 0.5) is 4.79 Å². The molecule has 0 radical (unpaired) electrons. The molecule has 5 nitrogen and oxygen atoms in total. The van der Waals surface area contributed by atoms with Gasteiger partial charge in [0.05, 0.1) is 4.91 Å². The number of hydrogen-bond donors (Lipinski definition) is 0. The van der Waals surface area contributed by atoms with Crippen molar-refractivity contribution in [2.75, 3.05) is 7.05 Å². The van der Waals surface area contributed by atoms with Gasteiger partial charge in [-0.15, -0.1) is 0 Å². The molecule has 23 heavy (non-hydrogen) atoms. The van der Waals surface area contributed by atoms with E-state index in [9.17, 15) is 9.59 Å². The molecule has 1 saturated heterocycles. The quantitative estimate of drug-likeness (QED) is 0.793. The van der Waals surface area contributed by atoms with E-state index in [4.69, 9.17) is 0 Å². The van der Waals surface area contributed by atoms with Gasteiger partial charge in [-0.2, -0.15) is 0 Å². The zero-order valence-corrected chi connectivity index (χ0v) is 14.3. The molecule has 2 amide bonds. The molecule has 3 rings (SSSR count). The van der Waals surface area contributed by atoms with E-state index in [-0.39, 0.29) is 11.1 Å². The highest BCUT2D eigenvalue weighted by molar-refractivity contribution is 8.18. The summed E-state index contributed by atoms with van der Waals surface area (Å²) < 4.78 is 2.04. The zero-order chi connectivity index (χ0) is 16.7. The Balaban J connectivity index is 2.03. The van der Waals surface area contributed by atoms with Gasteiger partial charge in [0.1, 0.15) is 5.82 Å². The summed E-state index contributed by atoms with van der Waals surface area (Å²) in [4.78, 5) is 29.7. The van der Waals surface area contributed by atoms with Gasteiger partial charge in [0.15, 0.2) is 0 Å². The van der Waals surface area contributed by atoms with E-state index in [0.29, 0.717) is 4.91 Å². The second-order valence-corrected chi connectivity index (χ2v) is 6.59. The van der Waals surface area contributed by atoms with Crippen molar-refractivity contribution in [1.29, 1.82) is 0 Å². The maximum Gasteiger partial charge on any atom is 0.293 e. The van der Waals surface area contributed by atoms with Gasteiger partial charge in [-0.1, -0.05) is 6.07 Å². The van der Waals surface area contributed by atoms with E-state index in [2.05, 4.69) is 4.98 Å². The van der Waals surface area contributed by atoms with Gasteiger partial charge in [0, 0.05) is 24.6 Å². The highest BCUT2D eigenvalue weighted by Crippen LogP contribution is 2.32. The van der Waals surface area contributed by atoms with Crippen LogP contribution < -0.4 is 0 Å². The Bertz CT molecular complexity index is 834. The van der Waals surface area contributed by atoms with Crippen molar-refractivity contribution >= 4 is 29.0 Å². The second kappa shape index (κ2) is 5.70. The molecule has 118 valence electrons. The summed E-state index contributed by atoms with van der Waals surface area (Å²) in [6.07, 6.45) is 3.61. The number of amides is 2. The van der Waals surface area contributed by atoms with Crippen LogP contribution in [0.3, 0.4) is 0 Å². The van der Waals surface area contributed by atoms with Gasteiger partial charge in [-0.05, 0) is 61.9 Å². The largest absolute Gasteiger partial charge is 0.303 e. The Morgan fingerprint density at radius 1 is 1.17 bits per heavy atom. The lowest BCUT2D eigenvalue weighted by atomic mass is 10.2. The summed E-state index contributed by atoms with van der Waals surface area (Å²) in [5.41, 5.74) is 4.04. The van der Waals surface area contributed by atoms with Gasteiger partial charge < -0.3 is 4.57 Å². The van der Waals surface area contributed by atoms with Crippen LogP contribution in [-0.4, -0.2) is 32.6 Å². The number of carbonyl (C=O) groups excluding carboxylic acids is 2. The Kier molecular flexibility index (Phi) is 3.85. The number of aromatic nitrogens is 2. The molecule has 0 N–H and O–H groups in total. The second-order valence-electron chi connectivity index (χ2n) is 5.60. The van der Waals surface area contributed by atoms with Gasteiger partial charge in [-0.25, -0.2) is 4.98 Å². The minimum atomic E-state index is -0.252. The molecular formula is C17H17N3O2S. The van der Waals surface area contributed by atoms with Crippen LogP contribution in [-0.2, 0) is 4.79 Å². The molecule has 0 saturated carbocycles. The Labute approximate surface area is 139 Å². The first-order valence-electron chi connectivity index (χ1n) is 7.22. The highest BCUT2D eigenvalue weighted by Gasteiger charge is 2.32. The first kappa shape index (κ1) is 15.6. The molecule has 2 aromatic rings. The molecule has 0 unspecified atom stereocenters. The number of imide groups is 1. The van der Waals surface area contributed by atoms with Crippen LogP contribution in [0, 0.1) is 20.8 Å². The number of likely N-dealkylation sites (N-methyl/N-ethyl adjacent to an activating group) is 1. The fourth-order valence-corrected chi connectivity index (χ4v) is 3.38. The van der Waals surface area contributed by atoms with E-state index in [1.165, 1.54) is 7.05 Å². The predicted molar refractivity (Wildman–Crippen MR) is 91.5 cm³/mol. The number of pyridine rings is 1. The first-order chi connectivity index (χ1) is 10.9. The zero-order valence-electron chi connectivity index (χ0n) is 13.5. The van der Waals surface area contributed by atoms with E-state index >= 15 is 0 Å². The molecule has 1 fully saturated rings.